The van der Waals surface area contributed by atoms with E-state index in [1.54, 1.807) is 13.1 Å². The van der Waals surface area contributed by atoms with Gasteiger partial charge in [-0.1, -0.05) is 29.8 Å². The van der Waals surface area contributed by atoms with Crippen LogP contribution in [0.3, 0.4) is 0 Å². The minimum atomic E-state index is -0.756. The van der Waals surface area contributed by atoms with Gasteiger partial charge in [-0.05, 0) is 38.5 Å². The number of rotatable bonds is 2. The second kappa shape index (κ2) is 7.36. The number of fused-ring (bicyclic) bond motifs is 3. The molecule has 0 aliphatic carbocycles. The van der Waals surface area contributed by atoms with Gasteiger partial charge in [-0.2, -0.15) is 0 Å². The lowest BCUT2D eigenvalue weighted by Gasteiger charge is -2.39. The van der Waals surface area contributed by atoms with E-state index in [0.29, 0.717) is 34.5 Å². The SMILES string of the molecule is Cc1ccc(-c2c3c(=O)n(C)c(=O)n(C)c3c3n2C(C)(C)CO[C@@H]3c2ccc(O)cc2O)cc1. The third-order valence-electron chi connectivity index (χ3n) is 6.69. The maximum atomic E-state index is 13.6. The largest absolute Gasteiger partial charge is 0.508 e. The number of benzene rings is 2. The van der Waals surface area contributed by atoms with Crippen molar-refractivity contribution in [2.24, 2.45) is 14.1 Å². The Balaban J connectivity index is 2.01. The van der Waals surface area contributed by atoms with Gasteiger partial charge >= 0.3 is 5.69 Å². The quantitative estimate of drug-likeness (QED) is 0.477. The lowest BCUT2D eigenvalue weighted by molar-refractivity contribution is -0.00800. The summed E-state index contributed by atoms with van der Waals surface area (Å²) in [4.78, 5) is 26.5. The van der Waals surface area contributed by atoms with Gasteiger partial charge < -0.3 is 19.5 Å². The highest BCUT2D eigenvalue weighted by atomic mass is 16.5. The molecule has 1 atom stereocenters. The fraction of sp³-hybridized carbons (Fsp3) is 0.308. The molecule has 8 heteroatoms. The van der Waals surface area contributed by atoms with E-state index in [0.717, 1.165) is 15.7 Å². The predicted octanol–water partition coefficient (Wildman–Crippen LogP) is 3.28. The molecular weight excluding hydrogens is 434 g/mol. The Morgan fingerprint density at radius 2 is 1.68 bits per heavy atom. The highest BCUT2D eigenvalue weighted by Gasteiger charge is 2.41. The molecule has 8 nitrogen and oxygen atoms in total. The fourth-order valence-corrected chi connectivity index (χ4v) is 4.97. The van der Waals surface area contributed by atoms with Crippen LogP contribution in [-0.2, 0) is 24.4 Å². The Morgan fingerprint density at radius 3 is 2.32 bits per heavy atom. The first-order chi connectivity index (χ1) is 16.0. The van der Waals surface area contributed by atoms with Crippen molar-refractivity contribution in [2.75, 3.05) is 6.61 Å². The molecule has 0 saturated heterocycles. The van der Waals surface area contributed by atoms with Crippen molar-refractivity contribution in [3.05, 3.63) is 80.1 Å². The van der Waals surface area contributed by atoms with Crippen LogP contribution in [0.25, 0.3) is 22.2 Å². The molecule has 3 heterocycles. The molecule has 34 heavy (non-hydrogen) atoms. The topological polar surface area (TPSA) is 98.6 Å². The molecule has 2 aromatic carbocycles. The highest BCUT2D eigenvalue weighted by molar-refractivity contribution is 5.97. The minimum absolute atomic E-state index is 0.0701. The first-order valence-electron chi connectivity index (χ1n) is 11.1. The third kappa shape index (κ3) is 3.02. The fourth-order valence-electron chi connectivity index (χ4n) is 4.97. The van der Waals surface area contributed by atoms with Crippen LogP contribution in [0.5, 0.6) is 11.5 Å². The maximum Gasteiger partial charge on any atom is 0.331 e. The minimum Gasteiger partial charge on any atom is -0.508 e. The van der Waals surface area contributed by atoms with E-state index < -0.39 is 17.3 Å². The average molecular weight is 462 g/mol. The molecule has 2 N–H and O–H groups in total. The highest BCUT2D eigenvalue weighted by Crippen LogP contribution is 2.47. The summed E-state index contributed by atoms with van der Waals surface area (Å²) in [7, 11) is 3.11. The summed E-state index contributed by atoms with van der Waals surface area (Å²) in [5, 5.41) is 20.9. The van der Waals surface area contributed by atoms with E-state index in [-0.39, 0.29) is 17.1 Å². The molecule has 0 radical (unpaired) electrons. The molecule has 0 amide bonds. The van der Waals surface area contributed by atoms with Gasteiger partial charge in [-0.15, -0.1) is 0 Å². The molecule has 5 rings (SSSR count). The van der Waals surface area contributed by atoms with Gasteiger partial charge in [0.15, 0.2) is 0 Å². The second-order valence-corrected chi connectivity index (χ2v) is 9.61. The van der Waals surface area contributed by atoms with Crippen LogP contribution in [0, 0.1) is 6.92 Å². The molecule has 0 unspecified atom stereocenters. The number of aromatic nitrogens is 3. The number of nitrogens with zero attached hydrogens (tertiary/aromatic N) is 3. The lowest BCUT2D eigenvalue weighted by atomic mass is 9.97. The van der Waals surface area contributed by atoms with Gasteiger partial charge in [-0.25, -0.2) is 4.79 Å². The van der Waals surface area contributed by atoms with Crippen molar-refractivity contribution < 1.29 is 14.9 Å². The van der Waals surface area contributed by atoms with Crippen molar-refractivity contribution in [3.63, 3.8) is 0 Å². The normalized spacial score (nSPS) is 17.1. The van der Waals surface area contributed by atoms with Crippen LogP contribution in [0.2, 0.25) is 0 Å². The molecule has 1 aliphatic heterocycles. The number of hydrogen-bond acceptors (Lipinski definition) is 5. The Kier molecular flexibility index (Phi) is 4.77. The van der Waals surface area contributed by atoms with E-state index in [2.05, 4.69) is 4.57 Å². The second-order valence-electron chi connectivity index (χ2n) is 9.61. The smallest absolute Gasteiger partial charge is 0.331 e. The van der Waals surface area contributed by atoms with Crippen molar-refractivity contribution in [1.29, 1.82) is 0 Å². The van der Waals surface area contributed by atoms with Crippen LogP contribution in [-0.4, -0.2) is 30.5 Å². The predicted molar refractivity (Wildman–Crippen MR) is 129 cm³/mol. The summed E-state index contributed by atoms with van der Waals surface area (Å²) in [5.74, 6) is -0.199. The summed E-state index contributed by atoms with van der Waals surface area (Å²) >= 11 is 0. The molecular formula is C26H27N3O5. The van der Waals surface area contributed by atoms with Gasteiger partial charge in [0, 0.05) is 25.7 Å². The van der Waals surface area contributed by atoms with Crippen LogP contribution in [0.1, 0.15) is 36.8 Å². The molecule has 0 bridgehead atoms. The summed E-state index contributed by atoms with van der Waals surface area (Å²) in [6.45, 7) is 6.34. The number of hydrogen-bond donors (Lipinski definition) is 2. The van der Waals surface area contributed by atoms with E-state index >= 15 is 0 Å². The zero-order valence-corrected chi connectivity index (χ0v) is 19.8. The van der Waals surface area contributed by atoms with Crippen molar-refractivity contribution in [2.45, 2.75) is 32.4 Å². The first kappa shape index (κ1) is 22.0. The van der Waals surface area contributed by atoms with Crippen LogP contribution in [0.4, 0.5) is 0 Å². The average Bonchev–Trinajstić information content (AvgIpc) is 3.15. The molecule has 1 aliphatic rings. The molecule has 2 aromatic heterocycles. The molecule has 0 spiro atoms. The van der Waals surface area contributed by atoms with Gasteiger partial charge in [0.05, 0.1) is 34.4 Å². The number of aryl methyl sites for hydroxylation is 2. The number of phenolic OH excluding ortho intramolecular Hbond substituents is 2. The zero-order valence-electron chi connectivity index (χ0n) is 19.8. The van der Waals surface area contributed by atoms with Gasteiger partial charge in [0.25, 0.3) is 5.56 Å². The first-order valence-corrected chi connectivity index (χ1v) is 11.1. The van der Waals surface area contributed by atoms with Gasteiger partial charge in [-0.3, -0.25) is 13.9 Å². The number of ether oxygens (including phenoxy) is 1. The number of aromatic hydroxyl groups is 2. The monoisotopic (exact) mass is 461 g/mol. The summed E-state index contributed by atoms with van der Waals surface area (Å²) in [6.07, 6.45) is -0.756. The zero-order chi connectivity index (χ0) is 24.5. The van der Waals surface area contributed by atoms with E-state index in [4.69, 9.17) is 4.74 Å². The van der Waals surface area contributed by atoms with Crippen LogP contribution < -0.4 is 11.2 Å². The Labute approximate surface area is 195 Å². The van der Waals surface area contributed by atoms with Crippen molar-refractivity contribution >= 4 is 10.9 Å². The van der Waals surface area contributed by atoms with E-state index in [1.165, 1.54) is 23.7 Å². The summed E-state index contributed by atoms with van der Waals surface area (Å²) in [6, 6.07) is 12.3. The van der Waals surface area contributed by atoms with Crippen molar-refractivity contribution in [1.82, 2.24) is 13.7 Å². The van der Waals surface area contributed by atoms with E-state index in [9.17, 15) is 19.8 Å². The van der Waals surface area contributed by atoms with Crippen LogP contribution in [0.15, 0.2) is 52.1 Å². The number of phenols is 2. The summed E-state index contributed by atoms with van der Waals surface area (Å²) < 4.78 is 10.9. The summed E-state index contributed by atoms with van der Waals surface area (Å²) in [5.41, 5.74) is 2.77. The van der Waals surface area contributed by atoms with Crippen molar-refractivity contribution in [3.8, 4) is 22.8 Å². The molecule has 0 fully saturated rings. The molecule has 176 valence electrons. The lowest BCUT2D eigenvalue weighted by Crippen LogP contribution is -2.40. The van der Waals surface area contributed by atoms with Gasteiger partial charge in [0.1, 0.15) is 17.6 Å². The standard InChI is InChI=1S/C26H27N3O5/c1-14-6-8-15(9-7-14)20-19-21(27(4)25(33)28(5)24(19)32)22-23(34-13-26(2,3)29(20)22)17-11-10-16(30)12-18(17)31/h6-12,23,30-31H,13H2,1-5H3/t23-/m1/s1. The van der Waals surface area contributed by atoms with Gasteiger partial charge in [0.2, 0.25) is 0 Å². The Morgan fingerprint density at radius 1 is 1.00 bits per heavy atom. The maximum absolute atomic E-state index is 13.6. The Hall–Kier alpha value is -3.78. The molecule has 4 aromatic rings. The third-order valence-corrected chi connectivity index (χ3v) is 6.69. The van der Waals surface area contributed by atoms with Crippen LogP contribution >= 0.6 is 0 Å². The Bertz CT molecular complexity index is 1570. The van der Waals surface area contributed by atoms with E-state index in [1.807, 2.05) is 45.0 Å². The molecule has 0 saturated carbocycles.